The zero-order valence-electron chi connectivity index (χ0n) is 26.4. The maximum Gasteiger partial charge on any atom is 0.330 e. The lowest BCUT2D eigenvalue weighted by molar-refractivity contribution is -0.133. The number of imide groups is 1. The molecule has 47 heavy (non-hydrogen) atoms. The number of aliphatic hydroxyl groups is 2. The maximum atomic E-state index is 12.3. The molecule has 2 saturated heterocycles. The number of carbonyl (C=O) groups excluding carboxylic acids is 4. The second-order valence-electron chi connectivity index (χ2n) is 11.5. The molecule has 0 saturated carbocycles. The van der Waals surface area contributed by atoms with E-state index >= 15 is 0 Å². The fourth-order valence-electron chi connectivity index (χ4n) is 5.43. The largest absolute Gasteiger partial charge is 0.394 e. The fourth-order valence-corrected chi connectivity index (χ4v) is 5.43. The molecule has 0 aliphatic carbocycles. The van der Waals surface area contributed by atoms with Crippen LogP contribution < -0.4 is 27.2 Å². The van der Waals surface area contributed by atoms with Gasteiger partial charge in [0.25, 0.3) is 11.5 Å². The van der Waals surface area contributed by atoms with E-state index in [1.54, 1.807) is 19.2 Å². The van der Waals surface area contributed by atoms with Crippen LogP contribution in [0.25, 0.3) is 6.08 Å². The average Bonchev–Trinajstić information content (AvgIpc) is 3.64. The molecule has 4 heterocycles. The number of carbonyl (C=O) groups is 4. The molecule has 17 nitrogen and oxygen atoms in total. The molecule has 6 N–H and O–H groups in total. The van der Waals surface area contributed by atoms with E-state index in [-0.39, 0.29) is 36.3 Å². The lowest BCUT2D eigenvalue weighted by atomic mass is 10.1. The van der Waals surface area contributed by atoms with Crippen molar-refractivity contribution in [3.8, 4) is 0 Å². The van der Waals surface area contributed by atoms with Crippen molar-refractivity contribution in [3.63, 3.8) is 0 Å². The van der Waals surface area contributed by atoms with Crippen LogP contribution in [-0.4, -0.2) is 117 Å². The molecular weight excluding hydrogens is 616 g/mol. The Morgan fingerprint density at radius 1 is 1.11 bits per heavy atom. The van der Waals surface area contributed by atoms with Crippen molar-refractivity contribution in [1.29, 1.82) is 0 Å². The number of likely N-dealkylation sites (N-methyl/N-ethyl adjacent to an activating group) is 2. The number of aromatic amines is 1. The Labute approximate surface area is 270 Å². The van der Waals surface area contributed by atoms with Crippen LogP contribution in [0.1, 0.15) is 56.7 Å². The molecule has 3 aliphatic heterocycles. The number of rotatable bonds is 15. The van der Waals surface area contributed by atoms with E-state index in [0.717, 1.165) is 28.7 Å². The first-order valence-electron chi connectivity index (χ1n) is 15.5. The summed E-state index contributed by atoms with van der Waals surface area (Å²) in [5.74, 6) is -0.216. The van der Waals surface area contributed by atoms with Gasteiger partial charge in [-0.2, -0.15) is 0 Å². The number of nitrogens with one attached hydrogen (secondary N) is 4. The molecule has 256 valence electrons. The van der Waals surface area contributed by atoms with Gasteiger partial charge in [-0.15, -0.1) is 0 Å². The summed E-state index contributed by atoms with van der Waals surface area (Å²) in [6, 6.07) is -1.04. The molecular formula is C30H42N8O9. The molecule has 1 aromatic heterocycles. The Kier molecular flexibility index (Phi) is 12.2. The standard InChI is InChI=1S/C30H42N8O9/c1-36-26-25(28(44)37(2)30(36)46)33-21(34-26)10-7-12-23(42)31-13-6-4-3-5-11-22(41)32-14-8-9-18-16-38(29(45)35-27(18)43)24-15-19(40)20(17-39)47-24/h7-9,12,16,19-20,24-26,39-40H,3-6,10-11,13-15,17H2,1-2H3,(H,31,42)(H,32,41)(H,33,34)(H,35,43,45)/b9-8+,12-7+/t19-,20+,24+,25?,26?/m0/s1. The summed E-state index contributed by atoms with van der Waals surface area (Å²) in [4.78, 5) is 82.1. The summed E-state index contributed by atoms with van der Waals surface area (Å²) in [6.07, 6.45) is 8.04. The molecule has 3 aliphatic rings. The van der Waals surface area contributed by atoms with E-state index in [2.05, 4.69) is 25.9 Å². The van der Waals surface area contributed by atoms with Crippen LogP contribution in [0.4, 0.5) is 4.79 Å². The van der Waals surface area contributed by atoms with Crippen molar-refractivity contribution >= 4 is 35.7 Å². The van der Waals surface area contributed by atoms with Gasteiger partial charge in [0.15, 0.2) is 6.17 Å². The average molecular weight is 659 g/mol. The highest BCUT2D eigenvalue weighted by Crippen LogP contribution is 2.27. The SMILES string of the molecule is CN1C(=O)C2NC(C/C=C/C(=O)NCCCCCCC(=O)NC/C=C/c3cn([C@H]4C[C@H](O)[C@@H](CO)O4)c(=O)[nH]c3=O)=NC2N(C)C1=O. The van der Waals surface area contributed by atoms with Crippen LogP contribution in [-0.2, 0) is 19.1 Å². The number of fused-ring (bicyclic) bond motifs is 1. The van der Waals surface area contributed by atoms with Crippen molar-refractivity contribution in [2.75, 3.05) is 33.8 Å². The van der Waals surface area contributed by atoms with E-state index in [9.17, 15) is 39.0 Å². The molecule has 1 aromatic rings. The predicted octanol–water partition coefficient (Wildman–Crippen LogP) is -1.46. The first-order valence-corrected chi connectivity index (χ1v) is 15.5. The van der Waals surface area contributed by atoms with Gasteiger partial charge in [0, 0.05) is 52.6 Å². The molecule has 0 spiro atoms. The number of ether oxygens (including phenoxy) is 1. The molecule has 2 unspecified atom stereocenters. The highest BCUT2D eigenvalue weighted by molar-refractivity contribution is 6.04. The normalized spacial score (nSPS) is 24.2. The topological polar surface area (TPSA) is 228 Å². The molecule has 4 rings (SSSR count). The van der Waals surface area contributed by atoms with Crippen molar-refractivity contribution in [2.24, 2.45) is 4.99 Å². The van der Waals surface area contributed by atoms with Gasteiger partial charge in [-0.3, -0.25) is 33.6 Å². The Bertz CT molecular complexity index is 1530. The summed E-state index contributed by atoms with van der Waals surface area (Å²) in [7, 11) is 3.02. The summed E-state index contributed by atoms with van der Waals surface area (Å²) in [5, 5.41) is 27.8. The van der Waals surface area contributed by atoms with Crippen LogP contribution in [0.3, 0.4) is 0 Å². The number of nitrogens with zero attached hydrogens (tertiary/aromatic N) is 4. The number of aliphatic hydroxyl groups excluding tert-OH is 2. The molecule has 5 atom stereocenters. The summed E-state index contributed by atoms with van der Waals surface area (Å²) >= 11 is 0. The van der Waals surface area contributed by atoms with E-state index in [4.69, 9.17) is 4.74 Å². The van der Waals surface area contributed by atoms with E-state index in [1.165, 1.54) is 30.3 Å². The van der Waals surface area contributed by atoms with Crippen molar-refractivity contribution in [1.82, 2.24) is 35.3 Å². The number of aromatic nitrogens is 2. The third-order valence-electron chi connectivity index (χ3n) is 8.10. The van der Waals surface area contributed by atoms with Gasteiger partial charge in [0.05, 0.1) is 18.3 Å². The fraction of sp³-hybridized carbons (Fsp3) is 0.567. The number of H-pyrrole nitrogens is 1. The third-order valence-corrected chi connectivity index (χ3v) is 8.10. The lowest BCUT2D eigenvalue weighted by Crippen LogP contribution is -2.63. The number of amides is 5. The second kappa shape index (κ2) is 16.3. The minimum Gasteiger partial charge on any atom is -0.394 e. The number of hydrogen-bond acceptors (Lipinski definition) is 11. The van der Waals surface area contributed by atoms with Gasteiger partial charge in [-0.1, -0.05) is 31.1 Å². The molecule has 2 fully saturated rings. The lowest BCUT2D eigenvalue weighted by Gasteiger charge is -2.36. The van der Waals surface area contributed by atoms with E-state index < -0.39 is 54.5 Å². The minimum atomic E-state index is -0.934. The first kappa shape index (κ1) is 35.2. The van der Waals surface area contributed by atoms with Crippen LogP contribution in [0.5, 0.6) is 0 Å². The zero-order chi connectivity index (χ0) is 34.1. The van der Waals surface area contributed by atoms with E-state index in [0.29, 0.717) is 31.6 Å². The highest BCUT2D eigenvalue weighted by atomic mass is 16.5. The minimum absolute atomic E-state index is 0.0898. The van der Waals surface area contributed by atoms with Gasteiger partial charge < -0.3 is 35.8 Å². The predicted molar refractivity (Wildman–Crippen MR) is 169 cm³/mol. The van der Waals surface area contributed by atoms with Gasteiger partial charge in [-0.25, -0.2) is 14.6 Å². The van der Waals surface area contributed by atoms with Crippen molar-refractivity contribution in [3.05, 3.63) is 50.8 Å². The number of amidine groups is 1. The summed E-state index contributed by atoms with van der Waals surface area (Å²) < 4.78 is 6.65. The smallest absolute Gasteiger partial charge is 0.330 e. The Morgan fingerprint density at radius 3 is 2.62 bits per heavy atom. The summed E-state index contributed by atoms with van der Waals surface area (Å²) in [5.41, 5.74) is -1.13. The molecule has 0 radical (unpaired) electrons. The number of urea groups is 1. The zero-order valence-corrected chi connectivity index (χ0v) is 26.4. The summed E-state index contributed by atoms with van der Waals surface area (Å²) in [6.45, 7) is 0.268. The van der Waals surface area contributed by atoms with Crippen LogP contribution in [0, 0.1) is 0 Å². The van der Waals surface area contributed by atoms with Gasteiger partial charge in [0.1, 0.15) is 24.2 Å². The van der Waals surface area contributed by atoms with Crippen LogP contribution in [0.2, 0.25) is 0 Å². The molecule has 0 aromatic carbocycles. The molecule has 17 heteroatoms. The third kappa shape index (κ3) is 9.02. The van der Waals surface area contributed by atoms with E-state index in [1.807, 2.05) is 0 Å². The second-order valence-corrected chi connectivity index (χ2v) is 11.5. The Morgan fingerprint density at radius 2 is 1.87 bits per heavy atom. The van der Waals surface area contributed by atoms with Gasteiger partial charge >= 0.3 is 11.7 Å². The van der Waals surface area contributed by atoms with Gasteiger partial charge in [0.2, 0.25) is 11.8 Å². The Balaban J connectivity index is 1.06. The first-order chi connectivity index (χ1) is 22.5. The molecule has 0 bridgehead atoms. The van der Waals surface area contributed by atoms with Crippen molar-refractivity contribution < 1.29 is 34.1 Å². The maximum absolute atomic E-state index is 12.3. The molecule has 5 amide bonds. The Hall–Kier alpha value is -4.61. The number of aliphatic imine (C=N–C) groups is 1. The monoisotopic (exact) mass is 658 g/mol. The number of hydrogen-bond donors (Lipinski definition) is 6. The van der Waals surface area contributed by atoms with Crippen LogP contribution in [0.15, 0.2) is 39.0 Å². The quantitative estimate of drug-likeness (QED) is 0.0948. The van der Waals surface area contributed by atoms with Crippen molar-refractivity contribution in [2.45, 2.75) is 75.6 Å². The number of unbranched alkanes of at least 4 members (excludes halogenated alkanes) is 3. The van der Waals surface area contributed by atoms with Gasteiger partial charge in [-0.05, 0) is 18.9 Å². The van der Waals surface area contributed by atoms with Crippen LogP contribution >= 0.6 is 0 Å². The highest BCUT2D eigenvalue weighted by Gasteiger charge is 2.46.